The normalized spacial score (nSPS) is 18.6. The summed E-state index contributed by atoms with van der Waals surface area (Å²) in [5.41, 5.74) is 0. The zero-order chi connectivity index (χ0) is 28.9. The smallest absolute Gasteiger partial charge is 0.0967 e. The van der Waals surface area contributed by atoms with E-state index in [1.807, 2.05) is 94.1 Å². The largest absolute Gasteiger partial charge is 0.116 e. The summed E-state index contributed by atoms with van der Waals surface area (Å²) in [6.07, 6.45) is 0. The first-order valence-corrected chi connectivity index (χ1v) is 21.9. The van der Waals surface area contributed by atoms with Gasteiger partial charge in [-0.3, -0.25) is 0 Å². The molecule has 0 aliphatic carbocycles. The van der Waals surface area contributed by atoms with Gasteiger partial charge in [-0.1, -0.05) is 95.6 Å². The molecule has 9 rings (SSSR count). The van der Waals surface area contributed by atoms with Crippen LogP contribution >= 0.6 is 117 Å². The van der Waals surface area contributed by atoms with Crippen LogP contribution in [0.2, 0.25) is 0 Å². The van der Waals surface area contributed by atoms with E-state index in [9.17, 15) is 0 Å². The van der Waals surface area contributed by atoms with Crippen LogP contribution in [0, 0.1) is 0 Å². The molecule has 0 fully saturated rings. The number of fused-ring (bicyclic) bond motifs is 4. The van der Waals surface area contributed by atoms with E-state index >= 15 is 0 Å². The molecule has 0 nitrogen and oxygen atoms in total. The van der Waals surface area contributed by atoms with Crippen LogP contribution in [0.5, 0.6) is 0 Å². The monoisotopic (exact) mass is 744 g/mol. The van der Waals surface area contributed by atoms with E-state index < -0.39 is 0 Å². The van der Waals surface area contributed by atoms with E-state index in [4.69, 9.17) is 23.2 Å². The second kappa shape index (κ2) is 13.1. The molecule has 0 bridgehead atoms. The summed E-state index contributed by atoms with van der Waals surface area (Å²) in [7, 11) is 0. The van der Waals surface area contributed by atoms with Gasteiger partial charge in [-0.25, -0.2) is 0 Å². The van der Waals surface area contributed by atoms with Crippen LogP contribution in [-0.2, 0) is 0 Å². The summed E-state index contributed by atoms with van der Waals surface area (Å²) in [5, 5.41) is 13.9. The van der Waals surface area contributed by atoms with Gasteiger partial charge in [-0.2, -0.15) is 0 Å². The molecule has 0 N–H and O–H groups in total. The Morgan fingerprint density at radius 3 is 0.930 bits per heavy atom. The molecule has 5 aromatic rings. The van der Waals surface area contributed by atoms with E-state index in [0.717, 1.165) is 0 Å². The van der Waals surface area contributed by atoms with Gasteiger partial charge in [0, 0.05) is 33.4 Å². The highest BCUT2D eigenvalue weighted by atomic mass is 35.5. The van der Waals surface area contributed by atoms with Crippen LogP contribution in [0.1, 0.15) is 0 Å². The summed E-state index contributed by atoms with van der Waals surface area (Å²) in [5.74, 6) is 4.84. The van der Waals surface area contributed by atoms with Gasteiger partial charge in [-0.05, 0) is 67.4 Å². The molecule has 5 aromatic carbocycles. The molecule has 0 spiro atoms. The zero-order valence-electron chi connectivity index (χ0n) is 22.5. The molecule has 0 aromatic heterocycles. The average Bonchev–Trinajstić information content (AvgIpc) is 3.66. The maximum absolute atomic E-state index is 4.76. The van der Waals surface area contributed by atoms with Gasteiger partial charge in [-0.15, -0.1) is 70.2 Å². The Morgan fingerprint density at radius 2 is 0.674 bits per heavy atom. The Morgan fingerprint density at radius 1 is 0.419 bits per heavy atom. The molecule has 216 valence electrons. The van der Waals surface area contributed by atoms with Crippen molar-refractivity contribution in [3.63, 3.8) is 0 Å². The van der Waals surface area contributed by atoms with Gasteiger partial charge >= 0.3 is 0 Å². The van der Waals surface area contributed by atoms with Crippen LogP contribution in [-0.4, -0.2) is 28.4 Å². The maximum Gasteiger partial charge on any atom is 0.0967 e. The summed E-state index contributed by atoms with van der Waals surface area (Å²) in [6, 6.07) is 27.7. The second-order valence-electron chi connectivity index (χ2n) is 9.87. The van der Waals surface area contributed by atoms with Crippen molar-refractivity contribution in [2.45, 2.75) is 0 Å². The fourth-order valence-electron chi connectivity index (χ4n) is 5.68. The number of rotatable bonds is 0. The van der Waals surface area contributed by atoms with Crippen molar-refractivity contribution in [3.8, 4) is 0 Å². The van der Waals surface area contributed by atoms with Gasteiger partial charge in [0.25, 0.3) is 0 Å². The Kier molecular flexibility index (Phi) is 9.16. The Labute approximate surface area is 294 Å². The minimum atomic E-state index is 0.194. The van der Waals surface area contributed by atoms with Crippen molar-refractivity contribution in [2.24, 2.45) is 0 Å². The third-order valence-corrected chi connectivity index (χ3v) is 19.0. The molecule has 4 aliphatic heterocycles. The molecular formula is C33H22Cl2S8. The number of hydrogen-bond donors (Lipinski definition) is 0. The number of halogens is 2. The lowest BCUT2D eigenvalue weighted by atomic mass is 9.94. The lowest BCUT2D eigenvalue weighted by Crippen LogP contribution is -2.17. The van der Waals surface area contributed by atoms with E-state index in [-0.39, 0.29) is 5.34 Å². The van der Waals surface area contributed by atoms with E-state index in [2.05, 4.69) is 72.8 Å². The molecule has 0 unspecified atom stereocenters. The van der Waals surface area contributed by atoms with E-state index in [1.54, 1.807) is 0 Å². The van der Waals surface area contributed by atoms with Crippen LogP contribution < -0.4 is 10.4 Å². The van der Waals surface area contributed by atoms with Gasteiger partial charge in [0.2, 0.25) is 0 Å². The lowest BCUT2D eigenvalue weighted by molar-refractivity contribution is 1.56. The molecule has 4 aliphatic rings. The van der Waals surface area contributed by atoms with Gasteiger partial charge < -0.3 is 0 Å². The molecule has 10 heteroatoms. The number of thioether (sulfide) groups is 8. The zero-order valence-corrected chi connectivity index (χ0v) is 30.5. The molecule has 0 amide bonds. The minimum Gasteiger partial charge on any atom is -0.116 e. The molecule has 0 saturated carbocycles. The molecule has 0 atom stereocenters. The van der Waals surface area contributed by atoms with Crippen molar-refractivity contribution in [1.29, 1.82) is 0 Å². The second-order valence-corrected chi connectivity index (χ2v) is 20.7. The minimum absolute atomic E-state index is 0.194. The standard InChI is InChI=1S/C32H20S8.CH2Cl2/c1-2-6-18-14-22-21(13-17(18)5-1)25(27-37-29-30(38-27)34-10-9-33-29)23-15-19-7-3-4-8-20(19)16-24(23)26(22)28-39-31-32(40-28)36-12-11-35-31;2-1-3/h1-8,13-16H,9-12H2;1H2. The SMILES string of the molecule is ClCCl.c1ccc2cc3c(=C4SC5=C(SCCS5)S4)c4cc5ccccc5cc4c(=C4SC5=C(SCCS5)S4)c3cc2c1. The van der Waals surface area contributed by atoms with Gasteiger partial charge in [0.15, 0.2) is 0 Å². The quantitative estimate of drug-likeness (QED) is 0.112. The molecule has 0 saturated heterocycles. The topological polar surface area (TPSA) is 0 Å². The van der Waals surface area contributed by atoms with Crippen molar-refractivity contribution in [3.05, 3.63) is 100 Å². The van der Waals surface area contributed by atoms with Crippen LogP contribution in [0.3, 0.4) is 0 Å². The first kappa shape index (κ1) is 30.1. The highest BCUT2D eigenvalue weighted by Gasteiger charge is 2.29. The fraction of sp³-hybridized carbons (Fsp3) is 0.152. The molecular weight excluding hydrogens is 724 g/mol. The number of benzene rings is 5. The lowest BCUT2D eigenvalue weighted by Gasteiger charge is -2.14. The Hall–Kier alpha value is -0.260. The predicted octanol–water partition coefficient (Wildman–Crippen LogP) is 12.0. The third kappa shape index (κ3) is 5.68. The first-order valence-electron chi connectivity index (χ1n) is 13.6. The molecule has 43 heavy (non-hydrogen) atoms. The average molecular weight is 746 g/mol. The van der Waals surface area contributed by atoms with Gasteiger partial charge in [0.05, 0.1) is 30.8 Å². The number of hydrogen-bond acceptors (Lipinski definition) is 8. The summed E-state index contributed by atoms with van der Waals surface area (Å²) < 4.78 is 8.91. The van der Waals surface area contributed by atoms with E-state index in [0.29, 0.717) is 0 Å². The third-order valence-electron chi connectivity index (χ3n) is 7.43. The predicted molar refractivity (Wildman–Crippen MR) is 213 cm³/mol. The van der Waals surface area contributed by atoms with Crippen molar-refractivity contribution < 1.29 is 0 Å². The number of alkyl halides is 2. The maximum atomic E-state index is 4.76. The molecule has 4 heterocycles. The van der Waals surface area contributed by atoms with Crippen LogP contribution in [0.15, 0.2) is 89.7 Å². The summed E-state index contributed by atoms with van der Waals surface area (Å²) in [4.78, 5) is 0. The van der Waals surface area contributed by atoms with Crippen molar-refractivity contribution in [1.82, 2.24) is 0 Å². The fourth-order valence-corrected chi connectivity index (χ4v) is 17.8. The van der Waals surface area contributed by atoms with Crippen molar-refractivity contribution in [2.75, 3.05) is 28.4 Å². The van der Waals surface area contributed by atoms with Crippen LogP contribution in [0.25, 0.3) is 51.6 Å². The van der Waals surface area contributed by atoms with E-state index in [1.165, 1.54) is 102 Å². The van der Waals surface area contributed by atoms with Crippen LogP contribution in [0.4, 0.5) is 0 Å². The highest BCUT2D eigenvalue weighted by Crippen LogP contribution is 2.61. The highest BCUT2D eigenvalue weighted by molar-refractivity contribution is 8.47. The first-order chi connectivity index (χ1) is 21.2. The summed E-state index contributed by atoms with van der Waals surface area (Å²) in [6.45, 7) is 0. The Balaban J connectivity index is 0.000000892. The van der Waals surface area contributed by atoms with Crippen molar-refractivity contribution >= 4 is 169 Å². The summed E-state index contributed by atoms with van der Waals surface area (Å²) >= 11 is 25.7. The Bertz CT molecular complexity index is 1860. The molecule has 0 radical (unpaired) electrons. The van der Waals surface area contributed by atoms with Gasteiger partial charge in [0.1, 0.15) is 0 Å².